The second kappa shape index (κ2) is 7.75. The van der Waals surface area contributed by atoms with Crippen molar-refractivity contribution in [2.45, 2.75) is 43.6 Å². The first-order valence-electron chi connectivity index (χ1n) is 6.27. The maximum atomic E-state index is 8.87. The number of aliphatic hydroxyl groups excluding tert-OH is 1. The number of rotatable bonds is 1. The SMILES string of the molecule is CC(C)c1cccc(S)c1.OC1CCNCC1. The molecule has 0 unspecified atom stereocenters. The lowest BCUT2D eigenvalue weighted by Crippen LogP contribution is -2.30. The summed E-state index contributed by atoms with van der Waals surface area (Å²) in [5, 5.41) is 12.0. The van der Waals surface area contributed by atoms with Crippen molar-refractivity contribution in [3.05, 3.63) is 29.8 Å². The van der Waals surface area contributed by atoms with Gasteiger partial charge in [0.1, 0.15) is 0 Å². The fourth-order valence-corrected chi connectivity index (χ4v) is 1.93. The zero-order valence-corrected chi connectivity index (χ0v) is 11.6. The second-order valence-electron chi connectivity index (χ2n) is 4.73. The molecule has 1 aliphatic heterocycles. The van der Waals surface area contributed by atoms with Gasteiger partial charge in [-0.25, -0.2) is 0 Å². The lowest BCUT2D eigenvalue weighted by Gasteiger charge is -2.16. The van der Waals surface area contributed by atoms with Crippen LogP contribution in [-0.2, 0) is 0 Å². The van der Waals surface area contributed by atoms with E-state index in [1.54, 1.807) is 0 Å². The van der Waals surface area contributed by atoms with Crippen molar-refractivity contribution in [3.8, 4) is 0 Å². The fraction of sp³-hybridized carbons (Fsp3) is 0.571. The molecule has 0 spiro atoms. The molecule has 2 N–H and O–H groups in total. The van der Waals surface area contributed by atoms with Crippen molar-refractivity contribution in [1.29, 1.82) is 0 Å². The molecule has 0 aromatic heterocycles. The standard InChI is InChI=1S/C9H12S.C5H11NO/c1-7(2)8-4-3-5-9(10)6-8;7-5-1-3-6-4-2-5/h3-7,10H,1-2H3;5-7H,1-4H2. The Bertz CT molecular complexity index is 322. The van der Waals surface area contributed by atoms with Gasteiger partial charge in [-0.1, -0.05) is 26.0 Å². The monoisotopic (exact) mass is 253 g/mol. The predicted octanol–water partition coefficient (Wildman–Crippen LogP) is 2.83. The van der Waals surface area contributed by atoms with Gasteiger partial charge >= 0.3 is 0 Å². The Hall–Kier alpha value is -0.510. The Morgan fingerprint density at radius 3 is 2.29 bits per heavy atom. The zero-order valence-electron chi connectivity index (χ0n) is 10.7. The van der Waals surface area contributed by atoms with Gasteiger partial charge in [0.25, 0.3) is 0 Å². The van der Waals surface area contributed by atoms with Crippen molar-refractivity contribution in [2.75, 3.05) is 13.1 Å². The van der Waals surface area contributed by atoms with Gasteiger partial charge < -0.3 is 10.4 Å². The minimum Gasteiger partial charge on any atom is -0.393 e. The van der Waals surface area contributed by atoms with Crippen LogP contribution in [0.5, 0.6) is 0 Å². The van der Waals surface area contributed by atoms with E-state index in [1.807, 2.05) is 12.1 Å². The Kier molecular flexibility index (Phi) is 6.63. The van der Waals surface area contributed by atoms with Crippen LogP contribution >= 0.6 is 12.6 Å². The van der Waals surface area contributed by atoms with Crippen LogP contribution in [0.2, 0.25) is 0 Å². The maximum Gasteiger partial charge on any atom is 0.0564 e. The molecule has 1 aromatic rings. The van der Waals surface area contributed by atoms with Gasteiger partial charge in [0.15, 0.2) is 0 Å². The van der Waals surface area contributed by atoms with Gasteiger partial charge in [0.2, 0.25) is 0 Å². The highest BCUT2D eigenvalue weighted by atomic mass is 32.1. The second-order valence-corrected chi connectivity index (χ2v) is 5.25. The van der Waals surface area contributed by atoms with Crippen molar-refractivity contribution >= 4 is 12.6 Å². The molecule has 0 atom stereocenters. The van der Waals surface area contributed by atoms with E-state index in [-0.39, 0.29) is 6.10 Å². The highest BCUT2D eigenvalue weighted by Crippen LogP contribution is 2.16. The van der Waals surface area contributed by atoms with Gasteiger partial charge in [0, 0.05) is 4.90 Å². The summed E-state index contributed by atoms with van der Waals surface area (Å²) in [5.74, 6) is 0.604. The molecule has 17 heavy (non-hydrogen) atoms. The number of benzene rings is 1. The molecule has 0 radical (unpaired) electrons. The van der Waals surface area contributed by atoms with Crippen LogP contribution < -0.4 is 5.32 Å². The fourth-order valence-electron chi connectivity index (χ4n) is 1.69. The zero-order chi connectivity index (χ0) is 12.7. The van der Waals surface area contributed by atoms with Crippen LogP contribution in [0.25, 0.3) is 0 Å². The van der Waals surface area contributed by atoms with Crippen LogP contribution in [0.3, 0.4) is 0 Å². The molecule has 0 aliphatic carbocycles. The van der Waals surface area contributed by atoms with Crippen molar-refractivity contribution in [2.24, 2.45) is 0 Å². The minimum absolute atomic E-state index is 0.0266. The van der Waals surface area contributed by atoms with Crippen molar-refractivity contribution in [1.82, 2.24) is 5.32 Å². The smallest absolute Gasteiger partial charge is 0.0564 e. The lowest BCUT2D eigenvalue weighted by molar-refractivity contribution is 0.137. The molecule has 1 heterocycles. The molecule has 2 nitrogen and oxygen atoms in total. The summed E-state index contributed by atoms with van der Waals surface area (Å²) in [6.45, 7) is 6.34. The highest BCUT2D eigenvalue weighted by Gasteiger charge is 2.06. The highest BCUT2D eigenvalue weighted by molar-refractivity contribution is 7.80. The Labute approximate surface area is 110 Å². The summed E-state index contributed by atoms with van der Waals surface area (Å²) in [7, 11) is 0. The van der Waals surface area contributed by atoms with Gasteiger partial charge in [-0.05, 0) is 49.5 Å². The van der Waals surface area contributed by atoms with Gasteiger partial charge in [-0.2, -0.15) is 0 Å². The Balaban J connectivity index is 0.000000181. The summed E-state index contributed by atoms with van der Waals surface area (Å²) < 4.78 is 0. The van der Waals surface area contributed by atoms with E-state index in [1.165, 1.54) is 5.56 Å². The molecular weight excluding hydrogens is 230 g/mol. The van der Waals surface area contributed by atoms with Crippen LogP contribution in [0, 0.1) is 0 Å². The summed E-state index contributed by atoms with van der Waals surface area (Å²) in [4.78, 5) is 1.05. The molecule has 0 bridgehead atoms. The third-order valence-corrected chi connectivity index (χ3v) is 3.12. The largest absolute Gasteiger partial charge is 0.393 e. The van der Waals surface area contributed by atoms with Crippen molar-refractivity contribution < 1.29 is 5.11 Å². The molecule has 3 heteroatoms. The summed E-state index contributed by atoms with van der Waals surface area (Å²) in [6.07, 6.45) is 1.83. The Morgan fingerprint density at radius 2 is 1.94 bits per heavy atom. The van der Waals surface area contributed by atoms with Crippen LogP contribution in [0.1, 0.15) is 38.2 Å². The lowest BCUT2D eigenvalue weighted by atomic mass is 10.0. The van der Waals surface area contributed by atoms with E-state index in [0.717, 1.165) is 30.8 Å². The number of nitrogens with one attached hydrogen (secondary N) is 1. The number of thiol groups is 1. The first kappa shape index (κ1) is 14.6. The predicted molar refractivity (Wildman–Crippen MR) is 75.9 cm³/mol. The van der Waals surface area contributed by atoms with Crippen molar-refractivity contribution in [3.63, 3.8) is 0 Å². The molecule has 1 aromatic carbocycles. The van der Waals surface area contributed by atoms with Crippen LogP contribution in [0.15, 0.2) is 29.2 Å². The quantitative estimate of drug-likeness (QED) is 0.673. The average molecular weight is 253 g/mol. The third kappa shape index (κ3) is 6.10. The molecule has 1 fully saturated rings. The molecule has 0 amide bonds. The number of hydrogen-bond donors (Lipinski definition) is 3. The summed E-state index contributed by atoms with van der Waals surface area (Å²) in [5.41, 5.74) is 1.35. The van der Waals surface area contributed by atoms with Gasteiger partial charge in [-0.3, -0.25) is 0 Å². The van der Waals surface area contributed by atoms with E-state index in [9.17, 15) is 0 Å². The summed E-state index contributed by atoms with van der Waals surface area (Å²) in [6, 6.07) is 8.27. The number of aliphatic hydroxyl groups is 1. The molecule has 1 aliphatic rings. The average Bonchev–Trinajstić information content (AvgIpc) is 2.31. The normalized spacial score (nSPS) is 16.5. The minimum atomic E-state index is -0.0266. The van der Waals surface area contributed by atoms with Gasteiger partial charge in [-0.15, -0.1) is 12.6 Å². The van der Waals surface area contributed by atoms with E-state index < -0.39 is 0 Å². The van der Waals surface area contributed by atoms with E-state index >= 15 is 0 Å². The third-order valence-electron chi connectivity index (χ3n) is 2.85. The molecule has 96 valence electrons. The van der Waals surface area contributed by atoms with E-state index in [2.05, 4.69) is 43.9 Å². The summed E-state index contributed by atoms with van der Waals surface area (Å²) >= 11 is 4.25. The first-order valence-corrected chi connectivity index (χ1v) is 6.72. The van der Waals surface area contributed by atoms with Crippen LogP contribution in [0.4, 0.5) is 0 Å². The van der Waals surface area contributed by atoms with E-state index in [4.69, 9.17) is 5.11 Å². The molecule has 0 saturated carbocycles. The van der Waals surface area contributed by atoms with Gasteiger partial charge in [0.05, 0.1) is 6.10 Å². The first-order chi connectivity index (χ1) is 8.09. The molecular formula is C14H23NOS. The number of piperidine rings is 1. The maximum absolute atomic E-state index is 8.87. The topological polar surface area (TPSA) is 32.3 Å². The number of hydrogen-bond acceptors (Lipinski definition) is 3. The molecule has 2 rings (SSSR count). The Morgan fingerprint density at radius 1 is 1.29 bits per heavy atom. The molecule has 1 saturated heterocycles. The van der Waals surface area contributed by atoms with Crippen LogP contribution in [-0.4, -0.2) is 24.3 Å². The van der Waals surface area contributed by atoms with E-state index in [0.29, 0.717) is 5.92 Å².